The third-order valence-electron chi connectivity index (χ3n) is 6.35. The summed E-state index contributed by atoms with van der Waals surface area (Å²) in [5.41, 5.74) is 4.51. The number of ether oxygens (including phenoxy) is 2. The summed E-state index contributed by atoms with van der Waals surface area (Å²) in [6.07, 6.45) is 1.60. The van der Waals surface area contributed by atoms with E-state index in [1.165, 1.54) is 5.56 Å². The summed E-state index contributed by atoms with van der Waals surface area (Å²) in [4.78, 5) is 14.1. The van der Waals surface area contributed by atoms with Crippen molar-refractivity contribution >= 4 is 5.97 Å². The van der Waals surface area contributed by atoms with Crippen LogP contribution in [0, 0.1) is 12.8 Å². The molecule has 1 heterocycles. The molecule has 1 saturated heterocycles. The van der Waals surface area contributed by atoms with Gasteiger partial charge in [0.2, 0.25) is 0 Å². The fraction of sp³-hybridized carbons (Fsp3) is 0.345. The number of piperidine rings is 1. The number of carbonyl (C=O) groups is 1. The standard InChI is InChI=1S/C29H33NO4/c1-3-33-27-18-24(14-15-26(27)34-20-22-10-5-4-6-11-22)28(23-12-7-9-21(2)17-23)30-16-8-13-25(19-30)29(31)32/h4-7,9-12,14-15,17-18,25,28H,3,8,13,16,19-20H2,1-2H3,(H,31,32). The number of aryl methyl sites for hydroxylation is 1. The second-order valence-electron chi connectivity index (χ2n) is 8.90. The second kappa shape index (κ2) is 11.2. The Balaban J connectivity index is 1.67. The minimum Gasteiger partial charge on any atom is -0.490 e. The molecule has 4 rings (SSSR count). The largest absolute Gasteiger partial charge is 0.490 e. The van der Waals surface area contributed by atoms with Crippen LogP contribution in [-0.2, 0) is 11.4 Å². The van der Waals surface area contributed by atoms with Gasteiger partial charge < -0.3 is 14.6 Å². The molecular formula is C29H33NO4. The number of hydrogen-bond acceptors (Lipinski definition) is 4. The molecule has 1 fully saturated rings. The molecule has 5 nitrogen and oxygen atoms in total. The highest BCUT2D eigenvalue weighted by Crippen LogP contribution is 2.38. The summed E-state index contributed by atoms with van der Waals surface area (Å²) < 4.78 is 12.1. The minimum atomic E-state index is -0.715. The number of carboxylic acids is 1. The molecule has 0 spiro atoms. The van der Waals surface area contributed by atoms with Crippen molar-refractivity contribution in [3.8, 4) is 11.5 Å². The minimum absolute atomic E-state index is 0.0515. The van der Waals surface area contributed by atoms with E-state index in [1.54, 1.807) is 0 Å². The number of nitrogens with zero attached hydrogens (tertiary/aromatic N) is 1. The van der Waals surface area contributed by atoms with Crippen molar-refractivity contribution in [2.45, 2.75) is 39.3 Å². The first kappa shape index (κ1) is 23.8. The molecule has 0 aliphatic carbocycles. The van der Waals surface area contributed by atoms with Gasteiger partial charge in [0, 0.05) is 6.54 Å². The van der Waals surface area contributed by atoms with Gasteiger partial charge in [0.05, 0.1) is 18.6 Å². The van der Waals surface area contributed by atoms with Crippen molar-refractivity contribution in [1.29, 1.82) is 0 Å². The lowest BCUT2D eigenvalue weighted by Crippen LogP contribution is -2.41. The molecule has 0 radical (unpaired) electrons. The van der Waals surface area contributed by atoms with E-state index in [0.29, 0.717) is 31.3 Å². The first-order chi connectivity index (χ1) is 16.5. The second-order valence-corrected chi connectivity index (χ2v) is 8.90. The number of aliphatic carboxylic acids is 1. The maximum atomic E-state index is 11.8. The van der Waals surface area contributed by atoms with E-state index in [4.69, 9.17) is 9.47 Å². The first-order valence-electron chi connectivity index (χ1n) is 12.0. The lowest BCUT2D eigenvalue weighted by atomic mass is 9.90. The smallest absolute Gasteiger partial charge is 0.307 e. The van der Waals surface area contributed by atoms with Crippen molar-refractivity contribution in [2.75, 3.05) is 19.7 Å². The highest BCUT2D eigenvalue weighted by molar-refractivity contribution is 5.70. The van der Waals surface area contributed by atoms with Gasteiger partial charge in [-0.2, -0.15) is 0 Å². The van der Waals surface area contributed by atoms with Gasteiger partial charge in [0.15, 0.2) is 11.5 Å². The van der Waals surface area contributed by atoms with Crippen LogP contribution in [0.4, 0.5) is 0 Å². The van der Waals surface area contributed by atoms with Gasteiger partial charge in [-0.3, -0.25) is 9.69 Å². The third-order valence-corrected chi connectivity index (χ3v) is 6.35. The fourth-order valence-electron chi connectivity index (χ4n) is 4.71. The third kappa shape index (κ3) is 5.78. The Labute approximate surface area is 201 Å². The van der Waals surface area contributed by atoms with E-state index in [0.717, 1.165) is 36.1 Å². The Kier molecular flexibility index (Phi) is 7.86. The number of likely N-dealkylation sites (tertiary alicyclic amines) is 1. The van der Waals surface area contributed by atoms with Gasteiger partial charge in [-0.1, -0.05) is 66.2 Å². The zero-order valence-corrected chi connectivity index (χ0v) is 19.9. The molecule has 2 atom stereocenters. The van der Waals surface area contributed by atoms with Crippen molar-refractivity contribution in [3.63, 3.8) is 0 Å². The van der Waals surface area contributed by atoms with Crippen LogP contribution < -0.4 is 9.47 Å². The zero-order chi connectivity index (χ0) is 23.9. The Morgan fingerprint density at radius 1 is 1.00 bits per heavy atom. The molecule has 1 aliphatic heterocycles. The molecule has 34 heavy (non-hydrogen) atoms. The van der Waals surface area contributed by atoms with E-state index in [-0.39, 0.29) is 12.0 Å². The van der Waals surface area contributed by atoms with E-state index >= 15 is 0 Å². The zero-order valence-electron chi connectivity index (χ0n) is 19.9. The van der Waals surface area contributed by atoms with Crippen molar-refractivity contribution in [3.05, 3.63) is 95.1 Å². The molecule has 3 aromatic rings. The first-order valence-corrected chi connectivity index (χ1v) is 12.0. The monoisotopic (exact) mass is 459 g/mol. The maximum Gasteiger partial charge on any atom is 0.307 e. The molecule has 3 aromatic carbocycles. The fourth-order valence-corrected chi connectivity index (χ4v) is 4.71. The van der Waals surface area contributed by atoms with Crippen LogP contribution in [0.25, 0.3) is 0 Å². The summed E-state index contributed by atoms with van der Waals surface area (Å²) in [6.45, 7) is 6.44. The van der Waals surface area contributed by atoms with Crippen LogP contribution in [0.3, 0.4) is 0 Å². The molecule has 1 aliphatic rings. The van der Waals surface area contributed by atoms with Crippen LogP contribution >= 0.6 is 0 Å². The van der Waals surface area contributed by atoms with Gasteiger partial charge >= 0.3 is 5.97 Å². The summed E-state index contributed by atoms with van der Waals surface area (Å²) >= 11 is 0. The van der Waals surface area contributed by atoms with Crippen molar-refractivity contribution in [2.24, 2.45) is 5.92 Å². The molecule has 0 amide bonds. The number of carboxylic acid groups (broad SMARTS) is 1. The number of benzene rings is 3. The lowest BCUT2D eigenvalue weighted by molar-refractivity contribution is -0.143. The SMILES string of the molecule is CCOc1cc(C(c2cccc(C)c2)N2CCCC(C(=O)O)C2)ccc1OCc1ccccc1. The predicted octanol–water partition coefficient (Wildman–Crippen LogP) is 5.86. The topological polar surface area (TPSA) is 59.0 Å². The molecule has 5 heteroatoms. The van der Waals surface area contributed by atoms with Crippen LogP contribution in [0.1, 0.15) is 48.1 Å². The molecular weight excluding hydrogens is 426 g/mol. The molecule has 2 unspecified atom stereocenters. The Morgan fingerprint density at radius 3 is 2.53 bits per heavy atom. The van der Waals surface area contributed by atoms with Crippen LogP contribution in [0.2, 0.25) is 0 Å². The van der Waals surface area contributed by atoms with Crippen LogP contribution in [-0.4, -0.2) is 35.7 Å². The van der Waals surface area contributed by atoms with Gasteiger partial charge in [-0.05, 0) is 62.1 Å². The summed E-state index contributed by atoms with van der Waals surface area (Å²) in [6, 6.07) is 24.6. The van der Waals surface area contributed by atoms with Gasteiger partial charge in [0.25, 0.3) is 0 Å². The quantitative estimate of drug-likeness (QED) is 0.434. The Hall–Kier alpha value is -3.31. The normalized spacial score (nSPS) is 17.2. The summed E-state index contributed by atoms with van der Waals surface area (Å²) in [5.74, 6) is 0.355. The highest BCUT2D eigenvalue weighted by Gasteiger charge is 2.31. The molecule has 0 aromatic heterocycles. The van der Waals surface area contributed by atoms with E-state index in [9.17, 15) is 9.90 Å². The van der Waals surface area contributed by atoms with E-state index in [1.807, 2.05) is 43.3 Å². The molecule has 0 saturated carbocycles. The molecule has 0 bridgehead atoms. The average molecular weight is 460 g/mol. The van der Waals surface area contributed by atoms with E-state index in [2.05, 4.69) is 48.2 Å². The maximum absolute atomic E-state index is 11.8. The van der Waals surface area contributed by atoms with E-state index < -0.39 is 5.97 Å². The predicted molar refractivity (Wildman–Crippen MR) is 133 cm³/mol. The Bertz CT molecular complexity index is 1100. The van der Waals surface area contributed by atoms with Crippen molar-refractivity contribution in [1.82, 2.24) is 4.90 Å². The molecule has 1 N–H and O–H groups in total. The summed E-state index contributed by atoms with van der Waals surface area (Å²) in [7, 11) is 0. The Morgan fingerprint density at radius 2 is 1.79 bits per heavy atom. The van der Waals surface area contributed by atoms with Crippen LogP contribution in [0.15, 0.2) is 72.8 Å². The van der Waals surface area contributed by atoms with Gasteiger partial charge in [-0.25, -0.2) is 0 Å². The van der Waals surface area contributed by atoms with Crippen molar-refractivity contribution < 1.29 is 19.4 Å². The summed E-state index contributed by atoms with van der Waals surface area (Å²) in [5, 5.41) is 9.66. The average Bonchev–Trinajstić information content (AvgIpc) is 2.85. The van der Waals surface area contributed by atoms with Crippen LogP contribution in [0.5, 0.6) is 11.5 Å². The number of rotatable bonds is 9. The van der Waals surface area contributed by atoms with Gasteiger partial charge in [-0.15, -0.1) is 0 Å². The number of hydrogen-bond donors (Lipinski definition) is 1. The van der Waals surface area contributed by atoms with Gasteiger partial charge in [0.1, 0.15) is 6.61 Å². The molecule has 178 valence electrons. The lowest BCUT2D eigenvalue weighted by Gasteiger charge is -2.38. The highest BCUT2D eigenvalue weighted by atomic mass is 16.5.